The second kappa shape index (κ2) is 13.9. The minimum Gasteiger partial charge on any atom is -0.368 e. The lowest BCUT2D eigenvalue weighted by Gasteiger charge is -2.16. The molecular weight excluding hydrogens is 613 g/mol. The predicted octanol–water partition coefficient (Wildman–Crippen LogP) is 4.00. The Hall–Kier alpha value is -4.06. The second-order valence-corrected chi connectivity index (χ2v) is 13.0. The van der Waals surface area contributed by atoms with E-state index in [1.807, 2.05) is 30.3 Å². The summed E-state index contributed by atoms with van der Waals surface area (Å²) in [6.45, 7) is 0. The van der Waals surface area contributed by atoms with E-state index in [1.165, 1.54) is 10.7 Å². The van der Waals surface area contributed by atoms with Crippen molar-refractivity contribution in [2.75, 3.05) is 12.0 Å². The number of ketones is 1. The summed E-state index contributed by atoms with van der Waals surface area (Å²) in [4.78, 5) is 42.9. The van der Waals surface area contributed by atoms with Crippen LogP contribution in [0.5, 0.6) is 0 Å². The molecule has 2 amide bonds. The summed E-state index contributed by atoms with van der Waals surface area (Å²) in [5, 5.41) is 7.82. The van der Waals surface area contributed by atoms with E-state index in [9.17, 15) is 22.8 Å². The number of benzene rings is 2. The number of sulfone groups is 1. The topological polar surface area (TPSA) is 154 Å². The van der Waals surface area contributed by atoms with E-state index in [1.54, 1.807) is 36.7 Å². The molecule has 0 fully saturated rings. The highest BCUT2D eigenvalue weighted by Gasteiger charge is 2.27. The minimum atomic E-state index is -3.42. The molecule has 2 heterocycles. The van der Waals surface area contributed by atoms with Gasteiger partial charge in [-0.15, -0.1) is 0 Å². The highest BCUT2D eigenvalue weighted by Crippen LogP contribution is 2.31. The molecule has 0 spiro atoms. The van der Waals surface area contributed by atoms with Crippen molar-refractivity contribution in [1.82, 2.24) is 20.1 Å². The number of nitrogens with two attached hydrogens (primary N) is 1. The summed E-state index contributed by atoms with van der Waals surface area (Å²) in [6.07, 6.45) is 3.92. The summed E-state index contributed by atoms with van der Waals surface area (Å²) in [7, 11) is -3.42. The van der Waals surface area contributed by atoms with Gasteiger partial charge in [0.1, 0.15) is 21.6 Å². The molecule has 0 saturated carbocycles. The average Bonchev–Trinajstić information content (AvgIpc) is 3.36. The normalized spacial score (nSPS) is 12.1. The lowest BCUT2D eigenvalue weighted by Crippen LogP contribution is -2.45. The fourth-order valence-corrected chi connectivity index (χ4v) is 5.35. The Balaban J connectivity index is 1.68. The summed E-state index contributed by atoms with van der Waals surface area (Å²) < 4.78 is 25.7. The van der Waals surface area contributed by atoms with Gasteiger partial charge in [-0.05, 0) is 42.3 Å². The van der Waals surface area contributed by atoms with Crippen molar-refractivity contribution < 1.29 is 22.8 Å². The fourth-order valence-electron chi connectivity index (χ4n) is 4.48. The van der Waals surface area contributed by atoms with Crippen LogP contribution < -0.4 is 11.1 Å². The van der Waals surface area contributed by atoms with E-state index < -0.39 is 33.5 Å². The van der Waals surface area contributed by atoms with Gasteiger partial charge in [-0.25, -0.2) is 13.1 Å². The molecule has 4 rings (SSSR count). The summed E-state index contributed by atoms with van der Waals surface area (Å²) in [6, 6.07) is 16.3. The Labute approximate surface area is 259 Å². The lowest BCUT2D eigenvalue weighted by molar-refractivity contribution is -0.127. The number of amides is 2. The third kappa shape index (κ3) is 8.50. The molecule has 43 heavy (non-hydrogen) atoms. The lowest BCUT2D eigenvalue weighted by atomic mass is 10.0. The Morgan fingerprint density at radius 2 is 1.74 bits per heavy atom. The molecule has 13 heteroatoms. The number of hydrogen-bond donors (Lipinski definition) is 2. The van der Waals surface area contributed by atoms with Gasteiger partial charge in [0.2, 0.25) is 11.8 Å². The zero-order chi connectivity index (χ0) is 31.1. The molecule has 0 bridgehead atoms. The molecule has 0 aliphatic heterocycles. The van der Waals surface area contributed by atoms with Crippen LogP contribution in [0.4, 0.5) is 0 Å². The minimum absolute atomic E-state index is 0.0154. The number of rotatable bonds is 13. The smallest absolute Gasteiger partial charge is 0.240 e. The maximum absolute atomic E-state index is 13.8. The van der Waals surface area contributed by atoms with E-state index >= 15 is 0 Å². The molecule has 224 valence electrons. The van der Waals surface area contributed by atoms with Crippen LogP contribution in [0, 0.1) is 0 Å². The van der Waals surface area contributed by atoms with E-state index in [2.05, 4.69) is 15.4 Å². The third-order valence-electron chi connectivity index (χ3n) is 6.59. The summed E-state index contributed by atoms with van der Waals surface area (Å²) >= 11 is 12.4. The molecule has 0 aliphatic carbocycles. The number of hydrogen-bond acceptors (Lipinski definition) is 7. The van der Waals surface area contributed by atoms with Gasteiger partial charge in [0.25, 0.3) is 0 Å². The molecule has 0 aliphatic rings. The van der Waals surface area contributed by atoms with Gasteiger partial charge in [0.15, 0.2) is 5.78 Å². The first-order chi connectivity index (χ1) is 20.4. The molecule has 2 aromatic carbocycles. The van der Waals surface area contributed by atoms with Crippen molar-refractivity contribution in [1.29, 1.82) is 0 Å². The third-order valence-corrected chi connectivity index (χ3v) is 8.28. The van der Waals surface area contributed by atoms with Gasteiger partial charge in [-0.3, -0.25) is 19.4 Å². The second-order valence-electron chi connectivity index (χ2n) is 9.94. The largest absolute Gasteiger partial charge is 0.368 e. The highest BCUT2D eigenvalue weighted by molar-refractivity contribution is 7.90. The van der Waals surface area contributed by atoms with Crippen LogP contribution in [0.25, 0.3) is 16.9 Å². The molecule has 3 N–H and O–H groups in total. The number of Topliss-reactive ketones (excluding diaryl/α,β-unsaturated/α-hetero) is 1. The molecule has 2 aromatic heterocycles. The Morgan fingerprint density at radius 3 is 2.37 bits per heavy atom. The maximum atomic E-state index is 13.8. The van der Waals surface area contributed by atoms with Gasteiger partial charge >= 0.3 is 0 Å². The van der Waals surface area contributed by atoms with Crippen LogP contribution in [0.2, 0.25) is 10.0 Å². The average molecular weight is 643 g/mol. The fraction of sp³-hybridized carbons (Fsp3) is 0.233. The molecular formula is C30H29Cl2N5O5S. The van der Waals surface area contributed by atoms with Gasteiger partial charge in [-0.2, -0.15) is 5.10 Å². The van der Waals surface area contributed by atoms with Crippen LogP contribution in [0.3, 0.4) is 0 Å². The van der Waals surface area contributed by atoms with Crippen LogP contribution in [-0.2, 0) is 32.3 Å². The Bertz CT molecular complexity index is 1750. The quantitative estimate of drug-likeness (QED) is 0.209. The molecule has 0 radical (unpaired) electrons. The van der Waals surface area contributed by atoms with Gasteiger partial charge in [0.05, 0.1) is 27.2 Å². The van der Waals surface area contributed by atoms with Crippen LogP contribution in [0.15, 0.2) is 73.1 Å². The Kier molecular flexibility index (Phi) is 10.3. The van der Waals surface area contributed by atoms with Crippen LogP contribution >= 0.6 is 23.2 Å². The number of carbonyl (C=O) groups excluding carboxylic acids is 3. The molecule has 10 nitrogen and oxygen atoms in total. The zero-order valence-corrected chi connectivity index (χ0v) is 25.5. The van der Waals surface area contributed by atoms with E-state index in [-0.39, 0.29) is 42.2 Å². The first-order valence-corrected chi connectivity index (χ1v) is 16.1. The van der Waals surface area contributed by atoms with Crippen LogP contribution in [-0.4, -0.2) is 58.8 Å². The molecule has 4 aromatic rings. The van der Waals surface area contributed by atoms with Gasteiger partial charge in [0, 0.05) is 49.0 Å². The zero-order valence-electron chi connectivity index (χ0n) is 23.2. The van der Waals surface area contributed by atoms with E-state index in [0.717, 1.165) is 11.8 Å². The number of aromatic nitrogens is 3. The van der Waals surface area contributed by atoms with Crippen molar-refractivity contribution in [2.24, 2.45) is 5.73 Å². The maximum Gasteiger partial charge on any atom is 0.240 e. The monoisotopic (exact) mass is 641 g/mol. The molecule has 0 saturated heterocycles. The summed E-state index contributed by atoms with van der Waals surface area (Å²) in [5.41, 5.74) is 8.17. The van der Waals surface area contributed by atoms with Crippen LogP contribution in [0.1, 0.15) is 34.5 Å². The van der Waals surface area contributed by atoms with Crippen molar-refractivity contribution in [3.8, 4) is 16.9 Å². The Morgan fingerprint density at radius 1 is 1.00 bits per heavy atom. The number of nitrogens with one attached hydrogen (secondary N) is 1. The number of carbonyl (C=O) groups is 3. The van der Waals surface area contributed by atoms with Crippen molar-refractivity contribution in [3.05, 3.63) is 99.9 Å². The van der Waals surface area contributed by atoms with Gasteiger partial charge < -0.3 is 11.1 Å². The first-order valence-electron chi connectivity index (χ1n) is 13.2. The number of pyridine rings is 1. The van der Waals surface area contributed by atoms with Crippen molar-refractivity contribution in [3.63, 3.8) is 0 Å². The number of nitrogens with zero attached hydrogens (tertiary/aromatic N) is 3. The standard InChI is InChI=1S/C30H29Cl2N5O5S/c1-43(41,42)15-13-22-28(20-8-5-14-34-18-20)36-37(21-9-10-23(31)24(32)17-21)29(22)26(38)11-12-27(39)35-25(30(33)40)16-19-6-3-2-4-7-19/h2-10,14,17-18,25H,11-13,15-16H2,1H3,(H2,33,40)(H,35,39). The van der Waals surface area contributed by atoms with E-state index in [0.29, 0.717) is 27.5 Å². The molecule has 1 atom stereocenters. The number of halogens is 2. The van der Waals surface area contributed by atoms with E-state index in [4.69, 9.17) is 28.9 Å². The van der Waals surface area contributed by atoms with Crippen molar-refractivity contribution >= 4 is 50.6 Å². The molecule has 1 unspecified atom stereocenters. The first kappa shape index (κ1) is 31.9. The van der Waals surface area contributed by atoms with Gasteiger partial charge in [-0.1, -0.05) is 53.5 Å². The van der Waals surface area contributed by atoms with Crippen molar-refractivity contribution in [2.45, 2.75) is 31.7 Å². The summed E-state index contributed by atoms with van der Waals surface area (Å²) in [5.74, 6) is -1.95. The highest BCUT2D eigenvalue weighted by atomic mass is 35.5. The SMILES string of the molecule is CS(=O)(=O)CCc1c(-c2cccnc2)nn(-c2ccc(Cl)c(Cl)c2)c1C(=O)CCC(=O)NC(Cc1ccccc1)C(N)=O. The predicted molar refractivity (Wildman–Crippen MR) is 165 cm³/mol. The number of primary amides is 1.